The molecule has 0 atom stereocenters. The van der Waals surface area contributed by atoms with Gasteiger partial charge in [-0.05, 0) is 11.8 Å². The van der Waals surface area contributed by atoms with Gasteiger partial charge < -0.3 is 0 Å². The van der Waals surface area contributed by atoms with Crippen molar-refractivity contribution in [1.29, 1.82) is 0 Å². The van der Waals surface area contributed by atoms with Gasteiger partial charge in [-0.3, -0.25) is 0 Å². The van der Waals surface area contributed by atoms with Crippen molar-refractivity contribution in [3.63, 3.8) is 0 Å². The highest BCUT2D eigenvalue weighted by Crippen LogP contribution is 2.20. The number of allylic oxidation sites excluding steroid dienone is 1. The van der Waals surface area contributed by atoms with E-state index in [0.29, 0.717) is 6.54 Å². The second-order valence-electron chi connectivity index (χ2n) is 2.92. The zero-order valence-electron chi connectivity index (χ0n) is 6.55. The van der Waals surface area contributed by atoms with Crippen LogP contribution in [0.2, 0.25) is 0 Å². The molecule has 0 bridgehead atoms. The average molecular weight is 139 g/mol. The van der Waals surface area contributed by atoms with E-state index in [2.05, 4.69) is 25.4 Å². The minimum Gasteiger partial charge on any atom is -0.211 e. The third-order valence-corrected chi connectivity index (χ3v) is 1.49. The number of carbonyl (C=O) groups excluding carboxylic acids is 1. The van der Waals surface area contributed by atoms with Crippen molar-refractivity contribution in [2.45, 2.75) is 20.3 Å². The van der Waals surface area contributed by atoms with E-state index in [1.165, 1.54) is 6.08 Å². The third kappa shape index (κ3) is 4.04. The fourth-order valence-corrected chi connectivity index (χ4v) is 0.492. The van der Waals surface area contributed by atoms with Gasteiger partial charge in [-0.25, -0.2) is 9.79 Å². The highest BCUT2D eigenvalue weighted by molar-refractivity contribution is 5.32. The van der Waals surface area contributed by atoms with Crippen LogP contribution in [0.4, 0.5) is 0 Å². The molecule has 0 aromatic rings. The normalized spacial score (nSPS) is 10.2. The molecule has 0 aliphatic heterocycles. The summed E-state index contributed by atoms with van der Waals surface area (Å²) < 4.78 is 0. The lowest BCUT2D eigenvalue weighted by atomic mass is 9.90. The number of hydrogen-bond donors (Lipinski definition) is 0. The number of nitrogens with zero attached hydrogens (tertiary/aromatic N) is 1. The maximum absolute atomic E-state index is 9.66. The molecule has 0 saturated heterocycles. The maximum Gasteiger partial charge on any atom is 0.234 e. The Morgan fingerprint density at radius 2 is 2.30 bits per heavy atom. The highest BCUT2D eigenvalue weighted by Gasteiger charge is 2.10. The molecule has 0 saturated carbocycles. The summed E-state index contributed by atoms with van der Waals surface area (Å²) in [6.45, 7) is 8.33. The lowest BCUT2D eigenvalue weighted by molar-refractivity contribution is 0.446. The second kappa shape index (κ2) is 4.02. The zero-order chi connectivity index (χ0) is 8.04. The predicted molar refractivity (Wildman–Crippen MR) is 41.6 cm³/mol. The summed E-state index contributed by atoms with van der Waals surface area (Å²) in [5, 5.41) is 0. The smallest absolute Gasteiger partial charge is 0.211 e. The Morgan fingerprint density at radius 3 is 2.70 bits per heavy atom. The van der Waals surface area contributed by atoms with Crippen LogP contribution in [0.3, 0.4) is 0 Å². The van der Waals surface area contributed by atoms with E-state index in [4.69, 9.17) is 0 Å². The number of aliphatic imine (C=N–C) groups is 1. The molecular weight excluding hydrogens is 126 g/mol. The van der Waals surface area contributed by atoms with Crippen molar-refractivity contribution in [2.75, 3.05) is 6.54 Å². The van der Waals surface area contributed by atoms with Crippen molar-refractivity contribution < 1.29 is 4.79 Å². The topological polar surface area (TPSA) is 29.4 Å². The van der Waals surface area contributed by atoms with Crippen LogP contribution in [0.15, 0.2) is 17.6 Å². The van der Waals surface area contributed by atoms with Crippen molar-refractivity contribution >= 4 is 6.08 Å². The van der Waals surface area contributed by atoms with Crippen LogP contribution in [0.1, 0.15) is 20.3 Å². The van der Waals surface area contributed by atoms with Crippen LogP contribution >= 0.6 is 0 Å². The van der Waals surface area contributed by atoms with Crippen LogP contribution < -0.4 is 0 Å². The molecular formula is C8H13NO. The molecule has 10 heavy (non-hydrogen) atoms. The van der Waals surface area contributed by atoms with Crippen molar-refractivity contribution in [1.82, 2.24) is 0 Å². The number of rotatable bonds is 4. The number of isocyanates is 1. The fraction of sp³-hybridized carbons (Fsp3) is 0.625. The summed E-state index contributed by atoms with van der Waals surface area (Å²) in [7, 11) is 0. The molecule has 0 aromatic heterocycles. The standard InChI is InChI=1S/C8H13NO/c1-4-8(2,3)5-6-9-7-10/h4H,1,5-6H2,2-3H3. The summed E-state index contributed by atoms with van der Waals surface area (Å²) in [5.74, 6) is 0. The Balaban J connectivity index is 3.66. The minimum absolute atomic E-state index is 0.0837. The molecule has 0 aliphatic carbocycles. The van der Waals surface area contributed by atoms with Gasteiger partial charge in [-0.2, -0.15) is 0 Å². The summed E-state index contributed by atoms with van der Waals surface area (Å²) in [5.41, 5.74) is 0.0837. The molecule has 0 radical (unpaired) electrons. The van der Waals surface area contributed by atoms with E-state index < -0.39 is 0 Å². The second-order valence-corrected chi connectivity index (χ2v) is 2.92. The lowest BCUT2D eigenvalue weighted by Crippen LogP contribution is -2.07. The van der Waals surface area contributed by atoms with Crippen molar-refractivity contribution in [3.8, 4) is 0 Å². The van der Waals surface area contributed by atoms with Crippen LogP contribution in [-0.2, 0) is 4.79 Å². The first-order chi connectivity index (χ1) is 4.62. The maximum atomic E-state index is 9.66. The third-order valence-electron chi connectivity index (χ3n) is 1.49. The summed E-state index contributed by atoms with van der Waals surface area (Å²) in [6.07, 6.45) is 4.23. The zero-order valence-corrected chi connectivity index (χ0v) is 6.55. The first-order valence-electron chi connectivity index (χ1n) is 3.29. The molecule has 2 nitrogen and oxygen atoms in total. The van der Waals surface area contributed by atoms with Gasteiger partial charge in [0.2, 0.25) is 6.08 Å². The largest absolute Gasteiger partial charge is 0.234 e. The number of hydrogen-bond acceptors (Lipinski definition) is 2. The minimum atomic E-state index is 0.0837. The van der Waals surface area contributed by atoms with Gasteiger partial charge in [-0.15, -0.1) is 6.58 Å². The molecule has 0 heterocycles. The average Bonchev–Trinajstić information content (AvgIpc) is 1.89. The molecule has 0 N–H and O–H groups in total. The first-order valence-corrected chi connectivity index (χ1v) is 3.29. The Morgan fingerprint density at radius 1 is 1.70 bits per heavy atom. The van der Waals surface area contributed by atoms with Gasteiger partial charge in [0.05, 0.1) is 6.54 Å². The van der Waals surface area contributed by atoms with Gasteiger partial charge in [0.15, 0.2) is 0 Å². The Hall–Kier alpha value is -0.880. The summed E-state index contributed by atoms with van der Waals surface area (Å²) in [4.78, 5) is 13.1. The molecule has 0 spiro atoms. The van der Waals surface area contributed by atoms with Gasteiger partial charge in [0.1, 0.15) is 0 Å². The molecule has 0 fully saturated rings. The van der Waals surface area contributed by atoms with E-state index in [0.717, 1.165) is 6.42 Å². The monoisotopic (exact) mass is 139 g/mol. The van der Waals surface area contributed by atoms with Crippen molar-refractivity contribution in [2.24, 2.45) is 10.4 Å². The van der Waals surface area contributed by atoms with Gasteiger partial charge in [-0.1, -0.05) is 19.9 Å². The van der Waals surface area contributed by atoms with Crippen LogP contribution in [0.25, 0.3) is 0 Å². The van der Waals surface area contributed by atoms with E-state index in [-0.39, 0.29) is 5.41 Å². The molecule has 0 unspecified atom stereocenters. The SMILES string of the molecule is C=CC(C)(C)CCN=C=O. The predicted octanol–water partition coefficient (Wildman–Crippen LogP) is 1.92. The Bertz CT molecular complexity index is 155. The van der Waals surface area contributed by atoms with E-state index >= 15 is 0 Å². The van der Waals surface area contributed by atoms with E-state index in [1.807, 2.05) is 6.08 Å². The van der Waals surface area contributed by atoms with Crippen molar-refractivity contribution in [3.05, 3.63) is 12.7 Å². The fourth-order valence-electron chi connectivity index (χ4n) is 0.492. The summed E-state index contributed by atoms with van der Waals surface area (Å²) >= 11 is 0. The lowest BCUT2D eigenvalue weighted by Gasteiger charge is -2.16. The van der Waals surface area contributed by atoms with Crippen LogP contribution in [-0.4, -0.2) is 12.6 Å². The molecule has 0 rings (SSSR count). The Labute approximate surface area is 61.7 Å². The van der Waals surface area contributed by atoms with Crippen LogP contribution in [0, 0.1) is 5.41 Å². The van der Waals surface area contributed by atoms with Gasteiger partial charge in [0.25, 0.3) is 0 Å². The Kier molecular flexibility index (Phi) is 3.67. The highest BCUT2D eigenvalue weighted by atomic mass is 16.1. The van der Waals surface area contributed by atoms with E-state index in [1.54, 1.807) is 0 Å². The van der Waals surface area contributed by atoms with E-state index in [9.17, 15) is 4.79 Å². The first kappa shape index (κ1) is 9.12. The van der Waals surface area contributed by atoms with Gasteiger partial charge in [0, 0.05) is 0 Å². The molecule has 0 amide bonds. The molecule has 2 heteroatoms. The molecule has 0 aliphatic rings. The quantitative estimate of drug-likeness (QED) is 0.332. The van der Waals surface area contributed by atoms with Crippen LogP contribution in [0.5, 0.6) is 0 Å². The van der Waals surface area contributed by atoms with Gasteiger partial charge >= 0.3 is 0 Å². The summed E-state index contributed by atoms with van der Waals surface area (Å²) in [6, 6.07) is 0. The molecule has 0 aromatic carbocycles. The molecule has 56 valence electrons.